The number of hydrogen-bond acceptors (Lipinski definition) is 8. The van der Waals surface area contributed by atoms with Crippen LogP contribution in [0.4, 0.5) is 0 Å². The zero-order valence-electron chi connectivity index (χ0n) is 20.8. The van der Waals surface area contributed by atoms with Crippen molar-refractivity contribution in [3.05, 3.63) is 23.3 Å². The number of hydrogen-bond donors (Lipinski definition) is 0. The minimum Gasteiger partial charge on any atom is -0.490 e. The van der Waals surface area contributed by atoms with Gasteiger partial charge in [-0.2, -0.15) is 10.5 Å². The highest BCUT2D eigenvalue weighted by molar-refractivity contribution is 5.56. The number of unbranched alkanes of at least 4 members (excludes halogenated alkanes) is 6. The molecule has 8 nitrogen and oxygen atoms in total. The maximum Gasteiger partial charge on any atom is 0.162 e. The topological polar surface area (TPSA) is 103 Å². The van der Waals surface area contributed by atoms with Gasteiger partial charge in [-0.1, -0.05) is 12.8 Å². The molecule has 0 spiro atoms. The Balaban J connectivity index is 2.36. The van der Waals surface area contributed by atoms with Crippen LogP contribution in [0, 0.1) is 22.7 Å². The first-order chi connectivity index (χ1) is 16.8. The van der Waals surface area contributed by atoms with Gasteiger partial charge >= 0.3 is 0 Å². The molecule has 0 saturated heterocycles. The molecule has 1 aromatic carbocycles. The van der Waals surface area contributed by atoms with Gasteiger partial charge in [-0.3, -0.25) is 0 Å². The van der Waals surface area contributed by atoms with Crippen molar-refractivity contribution in [2.24, 2.45) is 0 Å². The molecule has 190 valence electrons. The molecule has 0 bridgehead atoms. The molecule has 1 rings (SSSR count). The molecule has 0 N–H and O–H groups in total. The van der Waals surface area contributed by atoms with E-state index in [1.165, 1.54) is 0 Å². The highest BCUT2D eigenvalue weighted by Gasteiger charge is 2.12. The van der Waals surface area contributed by atoms with Crippen LogP contribution in [0.3, 0.4) is 0 Å². The number of nitriles is 2. The van der Waals surface area contributed by atoms with Gasteiger partial charge < -0.3 is 28.4 Å². The summed E-state index contributed by atoms with van der Waals surface area (Å²) in [7, 11) is 3.33. The quantitative estimate of drug-likeness (QED) is 0.223. The third-order valence-corrected chi connectivity index (χ3v) is 5.07. The fourth-order valence-electron chi connectivity index (χ4n) is 3.14. The Hall–Kier alpha value is -2.36. The lowest BCUT2D eigenvalue weighted by atomic mass is 10.1. The van der Waals surface area contributed by atoms with Crippen LogP contribution in [0.1, 0.15) is 62.5 Å². The van der Waals surface area contributed by atoms with Crippen molar-refractivity contribution >= 4 is 0 Å². The minimum absolute atomic E-state index is 0.298. The van der Waals surface area contributed by atoms with Crippen LogP contribution in [-0.2, 0) is 18.9 Å². The Labute approximate surface area is 204 Å². The van der Waals surface area contributed by atoms with Crippen molar-refractivity contribution in [1.82, 2.24) is 0 Å². The number of rotatable bonds is 22. The lowest BCUT2D eigenvalue weighted by molar-refractivity contribution is 0.0684. The summed E-state index contributed by atoms with van der Waals surface area (Å²) in [5, 5.41) is 18.7. The number of methoxy groups -OCH3 is 2. The molecule has 0 amide bonds. The first-order valence-corrected chi connectivity index (χ1v) is 12.1. The van der Waals surface area contributed by atoms with Crippen molar-refractivity contribution in [2.75, 3.05) is 67.1 Å². The zero-order chi connectivity index (χ0) is 24.7. The highest BCUT2D eigenvalue weighted by atomic mass is 16.5. The predicted octanol–water partition coefficient (Wildman–Crippen LogP) is 4.63. The van der Waals surface area contributed by atoms with E-state index in [2.05, 4.69) is 12.1 Å². The second-order valence-corrected chi connectivity index (χ2v) is 7.80. The molecule has 0 unspecified atom stereocenters. The zero-order valence-corrected chi connectivity index (χ0v) is 20.8. The van der Waals surface area contributed by atoms with Crippen molar-refractivity contribution in [1.29, 1.82) is 10.5 Å². The highest BCUT2D eigenvalue weighted by Crippen LogP contribution is 2.31. The summed E-state index contributed by atoms with van der Waals surface area (Å²) in [6.45, 7) is 5.04. The van der Waals surface area contributed by atoms with Gasteiger partial charge in [0.25, 0.3) is 0 Å². The van der Waals surface area contributed by atoms with E-state index in [1.54, 1.807) is 26.4 Å². The van der Waals surface area contributed by atoms with Gasteiger partial charge in [-0.25, -0.2) is 0 Å². The third-order valence-electron chi connectivity index (χ3n) is 5.07. The Morgan fingerprint density at radius 2 is 0.912 bits per heavy atom. The molecule has 1 aromatic rings. The fourth-order valence-corrected chi connectivity index (χ4v) is 3.14. The molecule has 0 saturated carbocycles. The SMILES string of the molecule is COCCOCCCCCCOc1cc(C#N)c(C#N)cc1OCCCCCCOCCOC. The summed E-state index contributed by atoms with van der Waals surface area (Å²) in [6, 6.07) is 7.33. The molecular formula is C26H40N2O6. The lowest BCUT2D eigenvalue weighted by Gasteiger charge is -2.14. The first kappa shape index (κ1) is 29.7. The minimum atomic E-state index is 0.298. The van der Waals surface area contributed by atoms with E-state index in [-0.39, 0.29) is 0 Å². The van der Waals surface area contributed by atoms with Gasteiger partial charge in [0.2, 0.25) is 0 Å². The molecule has 0 radical (unpaired) electrons. The van der Waals surface area contributed by atoms with E-state index in [0.717, 1.165) is 64.6 Å². The average Bonchev–Trinajstić information content (AvgIpc) is 2.86. The summed E-state index contributed by atoms with van der Waals surface area (Å²) >= 11 is 0. The van der Waals surface area contributed by atoms with Crippen molar-refractivity contribution in [3.63, 3.8) is 0 Å². The third kappa shape index (κ3) is 14.0. The largest absolute Gasteiger partial charge is 0.490 e. The molecule has 0 aliphatic rings. The summed E-state index contributed by atoms with van der Waals surface area (Å²) in [5.41, 5.74) is 0.595. The van der Waals surface area contributed by atoms with Gasteiger partial charge in [0.15, 0.2) is 11.5 Å². The van der Waals surface area contributed by atoms with E-state index < -0.39 is 0 Å². The first-order valence-electron chi connectivity index (χ1n) is 12.1. The molecule has 0 aliphatic carbocycles. The Kier molecular flexibility index (Phi) is 18.5. The standard InChI is InChI=1S/C26H40N2O6/c1-29-15-17-31-11-7-3-5-9-13-33-25-19-23(21-27)24(22-28)20-26(25)34-14-10-6-4-8-12-32-18-16-30-2/h19-20H,3-18H2,1-2H3. The molecule has 0 fully saturated rings. The van der Waals surface area contributed by atoms with Crippen molar-refractivity contribution in [3.8, 4) is 23.6 Å². The van der Waals surface area contributed by atoms with Gasteiger partial charge in [0.05, 0.1) is 50.8 Å². The monoisotopic (exact) mass is 476 g/mol. The molecule has 0 atom stereocenters. The summed E-state index contributed by atoms with van der Waals surface area (Å²) in [6.07, 6.45) is 7.99. The van der Waals surface area contributed by atoms with Gasteiger partial charge in [-0.05, 0) is 38.5 Å². The summed E-state index contributed by atoms with van der Waals surface area (Å²) in [5.74, 6) is 1.04. The normalized spacial score (nSPS) is 10.6. The van der Waals surface area contributed by atoms with E-state index in [1.807, 2.05) is 0 Å². The predicted molar refractivity (Wildman–Crippen MR) is 129 cm³/mol. The van der Waals surface area contributed by atoms with Crippen LogP contribution >= 0.6 is 0 Å². The van der Waals surface area contributed by atoms with Crippen LogP contribution in [-0.4, -0.2) is 67.1 Å². The Bertz CT molecular complexity index is 668. The van der Waals surface area contributed by atoms with E-state index >= 15 is 0 Å². The summed E-state index contributed by atoms with van der Waals surface area (Å²) < 4.78 is 32.7. The maximum atomic E-state index is 9.34. The molecule has 0 aliphatic heterocycles. The van der Waals surface area contributed by atoms with Gasteiger partial charge in [0, 0.05) is 39.6 Å². The van der Waals surface area contributed by atoms with Crippen molar-refractivity contribution < 1.29 is 28.4 Å². The van der Waals surface area contributed by atoms with Gasteiger partial charge in [0.1, 0.15) is 12.1 Å². The fraction of sp³-hybridized carbons (Fsp3) is 0.692. The van der Waals surface area contributed by atoms with E-state index in [0.29, 0.717) is 62.3 Å². The van der Waals surface area contributed by atoms with Crippen LogP contribution in [0.5, 0.6) is 11.5 Å². The number of ether oxygens (including phenoxy) is 6. The summed E-state index contributed by atoms with van der Waals surface area (Å²) in [4.78, 5) is 0. The van der Waals surface area contributed by atoms with Crippen LogP contribution in [0.2, 0.25) is 0 Å². The van der Waals surface area contributed by atoms with E-state index in [4.69, 9.17) is 28.4 Å². The second kappa shape index (κ2) is 21.2. The van der Waals surface area contributed by atoms with Crippen LogP contribution in [0.25, 0.3) is 0 Å². The molecule has 8 heteroatoms. The lowest BCUT2D eigenvalue weighted by Crippen LogP contribution is -2.05. The van der Waals surface area contributed by atoms with Crippen LogP contribution < -0.4 is 9.47 Å². The second-order valence-electron chi connectivity index (χ2n) is 7.80. The van der Waals surface area contributed by atoms with Crippen molar-refractivity contribution in [2.45, 2.75) is 51.4 Å². The van der Waals surface area contributed by atoms with Crippen LogP contribution in [0.15, 0.2) is 12.1 Å². The molecular weight excluding hydrogens is 436 g/mol. The Morgan fingerprint density at radius 1 is 0.529 bits per heavy atom. The smallest absolute Gasteiger partial charge is 0.162 e. The molecule has 0 heterocycles. The number of nitrogens with zero attached hydrogens (tertiary/aromatic N) is 2. The number of benzene rings is 1. The maximum absolute atomic E-state index is 9.34. The average molecular weight is 477 g/mol. The Morgan fingerprint density at radius 3 is 1.26 bits per heavy atom. The van der Waals surface area contributed by atoms with E-state index in [9.17, 15) is 10.5 Å². The molecule has 0 aromatic heterocycles. The molecule has 34 heavy (non-hydrogen) atoms. The van der Waals surface area contributed by atoms with Gasteiger partial charge in [-0.15, -0.1) is 0 Å².